The number of ether oxygens (including phenoxy) is 2. The van der Waals surface area contributed by atoms with E-state index in [2.05, 4.69) is 18.4 Å². The number of rotatable bonds is 7. The summed E-state index contributed by atoms with van der Waals surface area (Å²) in [5.41, 5.74) is 1.21. The van der Waals surface area contributed by atoms with E-state index < -0.39 is 0 Å². The molecule has 0 N–H and O–H groups in total. The Labute approximate surface area is 113 Å². The van der Waals surface area contributed by atoms with Crippen LogP contribution in [0.1, 0.15) is 19.4 Å². The van der Waals surface area contributed by atoms with Gasteiger partial charge in [-0.05, 0) is 48.7 Å². The van der Waals surface area contributed by atoms with Crippen LogP contribution in [0.5, 0.6) is 11.5 Å². The van der Waals surface area contributed by atoms with E-state index in [0.717, 1.165) is 23.7 Å². The zero-order valence-electron chi connectivity index (χ0n) is 11.1. The topological polar surface area (TPSA) is 42.2 Å². The van der Waals surface area contributed by atoms with Crippen LogP contribution < -0.4 is 9.47 Å². The van der Waals surface area contributed by atoms with Crippen LogP contribution >= 0.6 is 11.8 Å². The highest BCUT2D eigenvalue weighted by atomic mass is 32.2. The minimum Gasteiger partial charge on any atom is -0.493 e. The average molecular weight is 265 g/mol. The summed E-state index contributed by atoms with van der Waals surface area (Å²) < 4.78 is 10.8. The second-order valence-corrected chi connectivity index (χ2v) is 4.93. The molecule has 0 bridgehead atoms. The Morgan fingerprint density at radius 2 is 2.17 bits per heavy atom. The molecule has 0 saturated carbocycles. The molecule has 4 heteroatoms. The van der Waals surface area contributed by atoms with Crippen LogP contribution in [0.25, 0.3) is 0 Å². The minimum atomic E-state index is 0.470. The van der Waals surface area contributed by atoms with Crippen LogP contribution in [0.2, 0.25) is 0 Å². The second kappa shape index (κ2) is 7.88. The molecule has 0 heterocycles. The Hall–Kier alpha value is -1.34. The first-order chi connectivity index (χ1) is 8.71. The molecule has 0 aromatic heterocycles. The average Bonchev–Trinajstić information content (AvgIpc) is 2.38. The molecule has 3 nitrogen and oxygen atoms in total. The number of nitriles is 1. The third-order valence-corrected chi connectivity index (χ3v) is 3.41. The van der Waals surface area contributed by atoms with Gasteiger partial charge >= 0.3 is 0 Å². The lowest BCUT2D eigenvalue weighted by Crippen LogP contribution is -2.03. The lowest BCUT2D eigenvalue weighted by atomic mass is 10.0. The maximum atomic E-state index is 8.54. The van der Waals surface area contributed by atoms with Crippen LogP contribution in [0.3, 0.4) is 0 Å². The zero-order valence-corrected chi connectivity index (χ0v) is 11.9. The van der Waals surface area contributed by atoms with E-state index in [9.17, 15) is 0 Å². The monoisotopic (exact) mass is 265 g/mol. The highest BCUT2D eigenvalue weighted by molar-refractivity contribution is 8.03. The van der Waals surface area contributed by atoms with Crippen molar-refractivity contribution in [2.24, 2.45) is 5.92 Å². The van der Waals surface area contributed by atoms with Crippen LogP contribution in [0, 0.1) is 16.6 Å². The fourth-order valence-electron chi connectivity index (χ4n) is 1.75. The fraction of sp³-hybridized carbons (Fsp3) is 0.500. The summed E-state index contributed by atoms with van der Waals surface area (Å²) in [7, 11) is 1.65. The van der Waals surface area contributed by atoms with E-state index in [1.807, 2.05) is 19.1 Å². The highest BCUT2D eigenvalue weighted by Crippen LogP contribution is 2.29. The maximum absolute atomic E-state index is 8.54. The molecule has 0 aliphatic rings. The summed E-state index contributed by atoms with van der Waals surface area (Å²) >= 11 is 1.31. The van der Waals surface area contributed by atoms with Crippen molar-refractivity contribution >= 4 is 11.8 Å². The first kappa shape index (κ1) is 14.7. The molecular weight excluding hydrogens is 246 g/mol. The Bertz CT molecular complexity index is 415. The van der Waals surface area contributed by atoms with E-state index in [4.69, 9.17) is 14.7 Å². The Balaban J connectivity index is 2.70. The molecule has 1 aromatic carbocycles. The second-order valence-electron chi connectivity index (χ2n) is 4.13. The van der Waals surface area contributed by atoms with Crippen molar-refractivity contribution in [3.63, 3.8) is 0 Å². The van der Waals surface area contributed by atoms with Crippen molar-refractivity contribution in [3.05, 3.63) is 23.8 Å². The predicted octanol–water partition coefficient (Wildman–Crippen LogP) is 3.49. The normalized spacial score (nSPS) is 11.7. The summed E-state index contributed by atoms with van der Waals surface area (Å²) in [6.45, 7) is 4.73. The van der Waals surface area contributed by atoms with Gasteiger partial charge in [0.25, 0.3) is 0 Å². The van der Waals surface area contributed by atoms with E-state index in [1.54, 1.807) is 7.11 Å². The van der Waals surface area contributed by atoms with Crippen LogP contribution in [-0.2, 0) is 6.42 Å². The van der Waals surface area contributed by atoms with E-state index in [0.29, 0.717) is 12.5 Å². The van der Waals surface area contributed by atoms with Crippen molar-refractivity contribution < 1.29 is 9.47 Å². The van der Waals surface area contributed by atoms with E-state index in [1.165, 1.54) is 17.3 Å². The molecule has 0 amide bonds. The molecule has 1 atom stereocenters. The van der Waals surface area contributed by atoms with Gasteiger partial charge in [0.2, 0.25) is 0 Å². The third kappa shape index (κ3) is 4.50. The molecular formula is C14H19NO2S. The number of thiocyanates is 1. The Morgan fingerprint density at radius 3 is 2.78 bits per heavy atom. The van der Waals surface area contributed by atoms with Crippen molar-refractivity contribution in [3.8, 4) is 16.9 Å². The van der Waals surface area contributed by atoms with Gasteiger partial charge in [0, 0.05) is 5.75 Å². The Morgan fingerprint density at radius 1 is 1.39 bits per heavy atom. The van der Waals surface area contributed by atoms with Gasteiger partial charge in [-0.25, -0.2) is 0 Å². The maximum Gasteiger partial charge on any atom is 0.161 e. The first-order valence-corrected chi connectivity index (χ1v) is 7.00. The molecule has 1 unspecified atom stereocenters. The molecule has 0 aliphatic carbocycles. The van der Waals surface area contributed by atoms with E-state index >= 15 is 0 Å². The van der Waals surface area contributed by atoms with Gasteiger partial charge in [-0.1, -0.05) is 13.0 Å². The summed E-state index contributed by atoms with van der Waals surface area (Å²) in [6, 6.07) is 6.02. The third-order valence-electron chi connectivity index (χ3n) is 2.54. The molecule has 0 spiro atoms. The standard InChI is InChI=1S/C14H19NO2S/c1-4-17-13-6-5-12(8-14(13)16-3)7-11(2)9-18-10-15/h5-6,8,11H,4,7,9H2,1-3H3. The number of thioether (sulfide) groups is 1. The quantitative estimate of drug-likeness (QED) is 0.708. The number of hydrogen-bond donors (Lipinski definition) is 0. The van der Waals surface area contributed by atoms with Crippen LogP contribution in [0.15, 0.2) is 18.2 Å². The summed E-state index contributed by atoms with van der Waals surface area (Å²) in [5, 5.41) is 10.6. The highest BCUT2D eigenvalue weighted by Gasteiger charge is 2.08. The number of nitrogens with zero attached hydrogens (tertiary/aromatic N) is 1. The lowest BCUT2D eigenvalue weighted by molar-refractivity contribution is 0.310. The van der Waals surface area contributed by atoms with E-state index in [-0.39, 0.29) is 0 Å². The molecule has 18 heavy (non-hydrogen) atoms. The van der Waals surface area contributed by atoms with Crippen molar-refractivity contribution in [2.75, 3.05) is 19.5 Å². The molecule has 0 radical (unpaired) electrons. The zero-order chi connectivity index (χ0) is 13.4. The lowest BCUT2D eigenvalue weighted by Gasteiger charge is -2.13. The molecule has 0 fully saturated rings. The van der Waals surface area contributed by atoms with Crippen molar-refractivity contribution in [1.82, 2.24) is 0 Å². The van der Waals surface area contributed by atoms with Crippen LogP contribution in [0.4, 0.5) is 0 Å². The number of benzene rings is 1. The smallest absolute Gasteiger partial charge is 0.161 e. The number of hydrogen-bond acceptors (Lipinski definition) is 4. The van der Waals surface area contributed by atoms with Gasteiger partial charge in [0.05, 0.1) is 13.7 Å². The Kier molecular flexibility index (Phi) is 6.45. The summed E-state index contributed by atoms with van der Waals surface area (Å²) in [5.74, 6) is 2.88. The molecule has 1 aromatic rings. The van der Waals surface area contributed by atoms with Gasteiger partial charge < -0.3 is 9.47 Å². The molecule has 0 saturated heterocycles. The molecule has 1 rings (SSSR count). The van der Waals surface area contributed by atoms with Crippen molar-refractivity contribution in [2.45, 2.75) is 20.3 Å². The summed E-state index contributed by atoms with van der Waals surface area (Å²) in [4.78, 5) is 0. The molecule has 98 valence electrons. The SMILES string of the molecule is CCOc1ccc(CC(C)CSC#N)cc1OC. The fourth-order valence-corrected chi connectivity index (χ4v) is 2.23. The van der Waals surface area contributed by atoms with Gasteiger partial charge in [0.15, 0.2) is 11.5 Å². The summed E-state index contributed by atoms with van der Waals surface area (Å²) in [6.07, 6.45) is 0.942. The van der Waals surface area contributed by atoms with Gasteiger partial charge in [0.1, 0.15) is 5.40 Å². The largest absolute Gasteiger partial charge is 0.493 e. The van der Waals surface area contributed by atoms with Gasteiger partial charge in [-0.3, -0.25) is 0 Å². The first-order valence-electron chi connectivity index (χ1n) is 6.01. The van der Waals surface area contributed by atoms with Gasteiger partial charge in [-0.2, -0.15) is 5.26 Å². The van der Waals surface area contributed by atoms with Gasteiger partial charge in [-0.15, -0.1) is 0 Å². The van der Waals surface area contributed by atoms with Crippen molar-refractivity contribution in [1.29, 1.82) is 5.26 Å². The molecule has 0 aliphatic heterocycles. The van der Waals surface area contributed by atoms with Crippen LogP contribution in [-0.4, -0.2) is 19.5 Å². The minimum absolute atomic E-state index is 0.470. The predicted molar refractivity (Wildman–Crippen MR) is 75.1 cm³/mol. The number of methoxy groups -OCH3 is 1.